The van der Waals surface area contributed by atoms with E-state index in [9.17, 15) is 14.4 Å². The molecule has 2 heterocycles. The molecule has 0 aliphatic carbocycles. The van der Waals surface area contributed by atoms with E-state index < -0.39 is 5.60 Å². The minimum Gasteiger partial charge on any atom is -0.444 e. The molecule has 0 radical (unpaired) electrons. The van der Waals surface area contributed by atoms with Gasteiger partial charge in [-0.2, -0.15) is 0 Å². The predicted octanol–water partition coefficient (Wildman–Crippen LogP) is 6.93. The van der Waals surface area contributed by atoms with E-state index in [0.29, 0.717) is 43.2 Å². The number of rotatable bonds is 4. The summed E-state index contributed by atoms with van der Waals surface area (Å²) in [5.74, 6) is -0.155. The molecule has 0 saturated carbocycles. The van der Waals surface area contributed by atoms with E-state index in [-0.39, 0.29) is 30.0 Å². The van der Waals surface area contributed by atoms with Crippen molar-refractivity contribution in [1.82, 2.24) is 4.90 Å². The Kier molecular flexibility index (Phi) is 8.69. The van der Waals surface area contributed by atoms with Gasteiger partial charge < -0.3 is 24.3 Å². The van der Waals surface area contributed by atoms with Crippen LogP contribution in [0.2, 0.25) is 5.02 Å². The summed E-state index contributed by atoms with van der Waals surface area (Å²) in [5, 5.41) is 0.607. The van der Waals surface area contributed by atoms with Crippen LogP contribution in [0.1, 0.15) is 63.0 Å². The van der Waals surface area contributed by atoms with Crippen LogP contribution in [0.3, 0.4) is 0 Å². The van der Waals surface area contributed by atoms with Crippen LogP contribution in [0.4, 0.5) is 21.9 Å². The van der Waals surface area contributed by atoms with Gasteiger partial charge >= 0.3 is 6.09 Å². The Morgan fingerprint density at radius 1 is 0.884 bits per heavy atom. The molecule has 9 heteroatoms. The third-order valence-electron chi connectivity index (χ3n) is 7.95. The second-order valence-corrected chi connectivity index (χ2v) is 12.6. The Balaban J connectivity index is 1.33. The van der Waals surface area contributed by atoms with Crippen LogP contribution in [0, 0.1) is 0 Å². The van der Waals surface area contributed by atoms with Gasteiger partial charge in [0.2, 0.25) is 5.91 Å². The second-order valence-electron chi connectivity index (χ2n) is 12.2. The molecule has 5 rings (SSSR count). The van der Waals surface area contributed by atoms with Crippen LogP contribution in [-0.4, -0.2) is 60.6 Å². The number of hydrogen-bond donors (Lipinski definition) is 0. The van der Waals surface area contributed by atoms with Crippen molar-refractivity contribution in [3.8, 4) is 0 Å². The van der Waals surface area contributed by atoms with Crippen LogP contribution in [0.5, 0.6) is 0 Å². The van der Waals surface area contributed by atoms with Crippen molar-refractivity contribution >= 4 is 46.6 Å². The van der Waals surface area contributed by atoms with E-state index in [1.807, 2.05) is 93.3 Å². The van der Waals surface area contributed by atoms with E-state index in [4.69, 9.17) is 16.3 Å². The molecule has 3 aromatic rings. The van der Waals surface area contributed by atoms with Gasteiger partial charge in [-0.25, -0.2) is 4.79 Å². The maximum atomic E-state index is 14.0. The number of fused-ring (bicyclic) bond motifs is 1. The number of nitrogens with zero attached hydrogens (tertiary/aromatic N) is 4. The minimum absolute atomic E-state index is 0.0726. The van der Waals surface area contributed by atoms with Crippen molar-refractivity contribution in [2.75, 3.05) is 40.9 Å². The average molecular weight is 603 g/mol. The van der Waals surface area contributed by atoms with Crippen molar-refractivity contribution in [2.45, 2.75) is 58.7 Å². The molecule has 0 N–H and O–H groups in total. The number of anilines is 3. The summed E-state index contributed by atoms with van der Waals surface area (Å²) in [6.07, 6.45) is 0.302. The lowest BCUT2D eigenvalue weighted by Gasteiger charge is -2.43. The Morgan fingerprint density at radius 2 is 1.51 bits per heavy atom. The normalized spacial score (nSPS) is 18.6. The highest BCUT2D eigenvalue weighted by Gasteiger charge is 2.38. The maximum Gasteiger partial charge on any atom is 0.410 e. The van der Waals surface area contributed by atoms with Crippen LogP contribution >= 0.6 is 11.6 Å². The topological polar surface area (TPSA) is 73.4 Å². The van der Waals surface area contributed by atoms with Crippen LogP contribution in [-0.2, 0) is 9.53 Å². The van der Waals surface area contributed by atoms with Crippen molar-refractivity contribution in [2.24, 2.45) is 0 Å². The van der Waals surface area contributed by atoms with E-state index in [0.717, 1.165) is 22.6 Å². The highest BCUT2D eigenvalue weighted by molar-refractivity contribution is 6.30. The van der Waals surface area contributed by atoms with E-state index in [2.05, 4.69) is 4.90 Å². The summed E-state index contributed by atoms with van der Waals surface area (Å²) in [7, 11) is 0. The molecule has 3 aromatic carbocycles. The molecule has 2 aliphatic rings. The number of carbonyl (C=O) groups excluding carboxylic acids is 3. The fourth-order valence-corrected chi connectivity index (χ4v) is 6.07. The van der Waals surface area contributed by atoms with Gasteiger partial charge in [0.15, 0.2) is 0 Å². The fourth-order valence-electron chi connectivity index (χ4n) is 5.95. The Bertz CT molecular complexity index is 1480. The Morgan fingerprint density at radius 3 is 2.12 bits per heavy atom. The zero-order chi connectivity index (χ0) is 30.9. The molecule has 8 nitrogen and oxygen atoms in total. The van der Waals surface area contributed by atoms with Gasteiger partial charge in [-0.05, 0) is 94.3 Å². The van der Waals surface area contributed by atoms with Crippen LogP contribution in [0.15, 0.2) is 72.8 Å². The second kappa shape index (κ2) is 12.3. The molecule has 2 atom stereocenters. The van der Waals surface area contributed by atoms with Crippen molar-refractivity contribution in [1.29, 1.82) is 0 Å². The summed E-state index contributed by atoms with van der Waals surface area (Å²) in [4.78, 5) is 46.9. The molecule has 1 fully saturated rings. The number of carbonyl (C=O) groups is 3. The molecule has 0 spiro atoms. The van der Waals surface area contributed by atoms with Crippen molar-refractivity contribution in [3.63, 3.8) is 0 Å². The summed E-state index contributed by atoms with van der Waals surface area (Å²) in [5.41, 5.74) is 3.58. The van der Waals surface area contributed by atoms with E-state index in [1.165, 1.54) is 0 Å². The highest BCUT2D eigenvalue weighted by atomic mass is 35.5. The summed E-state index contributed by atoms with van der Waals surface area (Å²) < 4.78 is 5.51. The number of benzene rings is 3. The van der Waals surface area contributed by atoms with Gasteiger partial charge in [-0.3, -0.25) is 9.59 Å². The van der Waals surface area contributed by atoms with E-state index in [1.54, 1.807) is 28.9 Å². The lowest BCUT2D eigenvalue weighted by atomic mass is 9.89. The van der Waals surface area contributed by atoms with Gasteiger partial charge in [0, 0.05) is 66.8 Å². The van der Waals surface area contributed by atoms with Crippen LogP contribution < -0.4 is 14.7 Å². The zero-order valence-corrected chi connectivity index (χ0v) is 26.2. The first-order valence-corrected chi connectivity index (χ1v) is 15.1. The highest BCUT2D eigenvalue weighted by Crippen LogP contribution is 2.43. The number of halogens is 1. The summed E-state index contributed by atoms with van der Waals surface area (Å²) in [6.45, 7) is 11.7. The third-order valence-corrected chi connectivity index (χ3v) is 8.20. The third kappa shape index (κ3) is 6.64. The Hall–Kier alpha value is -4.04. The molecule has 3 amide bonds. The standard InChI is InChI=1S/C34H39ClN4O4/c1-23-22-31(39(24(2)40)28-16-12-26(35)13-17-28)29-8-6-7-9-30(29)38(23)32(41)25-10-14-27(15-11-25)36-18-20-37(21-19-36)33(42)43-34(3,4)5/h6-17,23,31H,18-22H2,1-5H3/t23-,31+/m0/s1. The maximum absolute atomic E-state index is 14.0. The number of ether oxygens (including phenoxy) is 1. The van der Waals surface area contributed by atoms with E-state index >= 15 is 0 Å². The molecule has 1 saturated heterocycles. The average Bonchev–Trinajstić information content (AvgIpc) is 2.97. The molecule has 0 unspecified atom stereocenters. The molecule has 43 heavy (non-hydrogen) atoms. The molecular formula is C34H39ClN4O4. The fraction of sp³-hybridized carbons (Fsp3) is 0.382. The predicted molar refractivity (Wildman–Crippen MR) is 171 cm³/mol. The monoisotopic (exact) mass is 602 g/mol. The van der Waals surface area contributed by atoms with Crippen LogP contribution in [0.25, 0.3) is 0 Å². The largest absolute Gasteiger partial charge is 0.444 e. The lowest BCUT2D eigenvalue weighted by Crippen LogP contribution is -2.50. The van der Waals surface area contributed by atoms with Crippen molar-refractivity contribution in [3.05, 3.63) is 88.9 Å². The SMILES string of the molecule is CC(=O)N(c1ccc(Cl)cc1)[C@@H]1C[C@H](C)N(C(=O)c2ccc(N3CCN(C(=O)OC(C)(C)C)CC3)cc2)c2ccccc21. The first-order chi connectivity index (χ1) is 20.4. The number of amides is 3. The number of piperazine rings is 1. The number of para-hydroxylation sites is 1. The smallest absolute Gasteiger partial charge is 0.410 e. The molecular weight excluding hydrogens is 564 g/mol. The molecule has 2 aliphatic heterocycles. The van der Waals surface area contributed by atoms with Crippen molar-refractivity contribution < 1.29 is 19.1 Å². The van der Waals surface area contributed by atoms with Gasteiger partial charge in [0.05, 0.1) is 6.04 Å². The van der Waals surface area contributed by atoms with Gasteiger partial charge in [0.25, 0.3) is 5.91 Å². The van der Waals surface area contributed by atoms with Gasteiger partial charge in [-0.1, -0.05) is 29.8 Å². The first-order valence-electron chi connectivity index (χ1n) is 14.7. The first kappa shape index (κ1) is 30.4. The number of hydrogen-bond acceptors (Lipinski definition) is 5. The zero-order valence-electron chi connectivity index (χ0n) is 25.4. The van der Waals surface area contributed by atoms with Gasteiger partial charge in [-0.15, -0.1) is 0 Å². The molecule has 226 valence electrons. The Labute approximate surface area is 258 Å². The minimum atomic E-state index is -0.520. The summed E-state index contributed by atoms with van der Waals surface area (Å²) >= 11 is 6.12. The summed E-state index contributed by atoms with van der Waals surface area (Å²) in [6, 6.07) is 22.4. The van der Waals surface area contributed by atoms with Gasteiger partial charge in [0.1, 0.15) is 5.60 Å². The quantitative estimate of drug-likeness (QED) is 0.324. The lowest BCUT2D eigenvalue weighted by molar-refractivity contribution is -0.117. The molecule has 0 bridgehead atoms. The molecule has 0 aromatic heterocycles.